The van der Waals surface area contributed by atoms with Gasteiger partial charge < -0.3 is 15.0 Å². The van der Waals surface area contributed by atoms with Gasteiger partial charge >= 0.3 is 6.18 Å². The Balaban J connectivity index is 1.54. The highest BCUT2D eigenvalue weighted by molar-refractivity contribution is 7.81. The molecule has 45 heavy (non-hydrogen) atoms. The SMILES string of the molecule is O=C(Nc1cc(-c2ccc3nc(C(F)F)cn3c2)cc2c1[C@](S)(c1cc(F)ccc1Cl)NC2=O)c1cc(F)cc(C(F)(F)F)c1. The molecule has 2 amide bonds. The van der Waals surface area contributed by atoms with E-state index in [0.717, 1.165) is 18.3 Å². The molecule has 2 N–H and O–H groups in total. The summed E-state index contributed by atoms with van der Waals surface area (Å²) in [6.45, 7) is 0. The van der Waals surface area contributed by atoms with Crippen LogP contribution in [0.1, 0.15) is 49.5 Å². The van der Waals surface area contributed by atoms with Crippen LogP contribution in [-0.4, -0.2) is 21.2 Å². The first-order valence-corrected chi connectivity index (χ1v) is 13.6. The van der Waals surface area contributed by atoms with E-state index in [1.807, 2.05) is 0 Å². The molecule has 1 aliphatic rings. The maximum Gasteiger partial charge on any atom is 0.416 e. The molecular formula is C30H16ClF7N4O2S. The molecule has 230 valence electrons. The van der Waals surface area contributed by atoms with Gasteiger partial charge in [-0.25, -0.2) is 22.5 Å². The minimum atomic E-state index is -4.96. The molecular weight excluding hydrogens is 649 g/mol. The summed E-state index contributed by atoms with van der Waals surface area (Å²) in [7, 11) is 0. The average Bonchev–Trinajstić information content (AvgIpc) is 3.52. The number of anilines is 1. The van der Waals surface area contributed by atoms with Crippen LogP contribution in [0, 0.1) is 11.6 Å². The number of nitrogens with one attached hydrogen (secondary N) is 2. The summed E-state index contributed by atoms with van der Waals surface area (Å²) in [6, 6.07) is 10.3. The summed E-state index contributed by atoms with van der Waals surface area (Å²) in [6.07, 6.45) is -5.25. The van der Waals surface area contributed by atoms with Crippen LogP contribution in [0.4, 0.5) is 36.4 Å². The molecule has 2 aromatic heterocycles. The van der Waals surface area contributed by atoms with Crippen LogP contribution in [-0.2, 0) is 11.0 Å². The number of carbonyl (C=O) groups excluding carboxylic acids is 2. The monoisotopic (exact) mass is 664 g/mol. The van der Waals surface area contributed by atoms with E-state index in [-0.39, 0.29) is 44.7 Å². The number of alkyl halides is 5. The van der Waals surface area contributed by atoms with E-state index in [0.29, 0.717) is 17.7 Å². The Kier molecular flexibility index (Phi) is 7.32. The Morgan fingerprint density at radius 3 is 2.44 bits per heavy atom. The number of pyridine rings is 1. The van der Waals surface area contributed by atoms with Crippen molar-refractivity contribution < 1.29 is 40.3 Å². The van der Waals surface area contributed by atoms with E-state index in [4.69, 9.17) is 11.6 Å². The van der Waals surface area contributed by atoms with Gasteiger partial charge in [0.25, 0.3) is 18.2 Å². The summed E-state index contributed by atoms with van der Waals surface area (Å²) in [5.41, 5.74) is -2.06. The van der Waals surface area contributed by atoms with E-state index in [2.05, 4.69) is 28.2 Å². The van der Waals surface area contributed by atoms with Gasteiger partial charge in [-0.15, -0.1) is 12.6 Å². The van der Waals surface area contributed by atoms with Gasteiger partial charge in [-0.2, -0.15) is 13.2 Å². The number of nitrogens with zero attached hydrogens (tertiary/aromatic N) is 2. The molecule has 1 aliphatic heterocycles. The first kappa shape index (κ1) is 30.5. The van der Waals surface area contributed by atoms with Crippen LogP contribution >= 0.6 is 24.2 Å². The third-order valence-electron chi connectivity index (χ3n) is 7.12. The molecule has 0 radical (unpaired) electrons. The summed E-state index contributed by atoms with van der Waals surface area (Å²) in [4.78, 5) is 28.7. The van der Waals surface area contributed by atoms with Gasteiger partial charge in [0.05, 0.1) is 5.56 Å². The number of aromatic nitrogens is 2. The fourth-order valence-electron chi connectivity index (χ4n) is 5.11. The summed E-state index contributed by atoms with van der Waals surface area (Å²) in [5, 5.41) is 5.04. The van der Waals surface area contributed by atoms with E-state index >= 15 is 0 Å². The molecule has 6 nitrogen and oxygen atoms in total. The van der Waals surface area contributed by atoms with E-state index < -0.39 is 57.7 Å². The number of imidazole rings is 1. The van der Waals surface area contributed by atoms with Crippen LogP contribution in [0.25, 0.3) is 16.8 Å². The van der Waals surface area contributed by atoms with Gasteiger partial charge in [0.15, 0.2) is 0 Å². The second kappa shape index (κ2) is 10.8. The molecule has 15 heteroatoms. The zero-order valence-corrected chi connectivity index (χ0v) is 23.8. The van der Waals surface area contributed by atoms with E-state index in [1.54, 1.807) is 0 Å². The Labute approximate surface area is 259 Å². The Hall–Kier alpha value is -4.56. The van der Waals surface area contributed by atoms with Gasteiger partial charge in [-0.05, 0) is 71.8 Å². The number of benzene rings is 3. The molecule has 1 atom stereocenters. The summed E-state index contributed by atoms with van der Waals surface area (Å²) in [5.74, 6) is -3.96. The fraction of sp³-hybridized carbons (Fsp3) is 0.100. The van der Waals surface area contributed by atoms with Crippen molar-refractivity contribution in [2.45, 2.75) is 17.5 Å². The third-order valence-corrected chi connectivity index (χ3v) is 8.03. The molecule has 0 saturated heterocycles. The summed E-state index contributed by atoms with van der Waals surface area (Å²) >= 11 is 11.0. The number of hydrogen-bond acceptors (Lipinski definition) is 4. The Bertz CT molecular complexity index is 2050. The lowest BCUT2D eigenvalue weighted by Crippen LogP contribution is -2.36. The molecule has 0 spiro atoms. The van der Waals surface area contributed by atoms with Gasteiger partial charge in [0.1, 0.15) is 27.8 Å². The molecule has 0 unspecified atom stereocenters. The molecule has 0 bridgehead atoms. The van der Waals surface area contributed by atoms with Gasteiger partial charge in [-0.1, -0.05) is 11.6 Å². The smallest absolute Gasteiger partial charge is 0.330 e. The Morgan fingerprint density at radius 1 is 0.978 bits per heavy atom. The van der Waals surface area contributed by atoms with Crippen LogP contribution in [0.15, 0.2) is 73.1 Å². The zero-order chi connectivity index (χ0) is 32.4. The molecule has 5 aromatic rings. The minimum absolute atomic E-state index is 0.0127. The standard InChI is InChI=1S/C30H16ClF7N4O2S/c31-21-3-2-17(32)10-20(21)29(45)25-19(28(44)41-29)7-14(13-1-4-24-39-23(26(34)35)12-42(24)11-13)8-22(25)40-27(43)15-5-16(30(36,37)38)9-18(33)6-15/h1-12,26,45H,(H,40,43)(H,41,44)/t29-/m1/s1. The van der Waals surface area contributed by atoms with Crippen LogP contribution in [0.3, 0.4) is 0 Å². The molecule has 6 rings (SSSR count). The summed E-state index contributed by atoms with van der Waals surface area (Å²) < 4.78 is 96.4. The second-order valence-electron chi connectivity index (χ2n) is 10.1. The van der Waals surface area contributed by atoms with E-state index in [1.165, 1.54) is 40.9 Å². The third kappa shape index (κ3) is 5.48. The van der Waals surface area contributed by atoms with Crippen molar-refractivity contribution >= 4 is 47.4 Å². The van der Waals surface area contributed by atoms with Gasteiger partial charge in [0, 0.05) is 45.4 Å². The van der Waals surface area contributed by atoms with Crippen molar-refractivity contribution in [3.05, 3.63) is 123 Å². The maximum absolute atomic E-state index is 14.4. The number of amides is 2. The quantitative estimate of drug-likeness (QED) is 0.132. The van der Waals surface area contributed by atoms with Crippen molar-refractivity contribution in [2.75, 3.05) is 5.32 Å². The average molecular weight is 665 g/mol. The highest BCUT2D eigenvalue weighted by Gasteiger charge is 2.45. The first-order valence-electron chi connectivity index (χ1n) is 12.8. The maximum atomic E-state index is 14.4. The highest BCUT2D eigenvalue weighted by Crippen LogP contribution is 2.48. The topological polar surface area (TPSA) is 75.5 Å². The minimum Gasteiger partial charge on any atom is -0.330 e. The fourth-order valence-corrected chi connectivity index (χ4v) is 5.97. The van der Waals surface area contributed by atoms with Crippen LogP contribution in [0.2, 0.25) is 5.02 Å². The lowest BCUT2D eigenvalue weighted by Gasteiger charge is -2.28. The number of rotatable bonds is 5. The van der Waals surface area contributed by atoms with Crippen molar-refractivity contribution in [1.82, 2.24) is 14.7 Å². The number of carbonyl (C=O) groups is 2. The van der Waals surface area contributed by atoms with Crippen molar-refractivity contribution in [2.24, 2.45) is 0 Å². The van der Waals surface area contributed by atoms with Gasteiger partial charge in [0.2, 0.25) is 0 Å². The Morgan fingerprint density at radius 2 is 1.73 bits per heavy atom. The predicted octanol–water partition coefficient (Wildman–Crippen LogP) is 8.02. The largest absolute Gasteiger partial charge is 0.416 e. The lowest BCUT2D eigenvalue weighted by molar-refractivity contribution is -0.137. The first-order chi connectivity index (χ1) is 21.1. The predicted molar refractivity (Wildman–Crippen MR) is 154 cm³/mol. The lowest BCUT2D eigenvalue weighted by atomic mass is 9.92. The van der Waals surface area contributed by atoms with Crippen LogP contribution < -0.4 is 10.6 Å². The number of thiol groups is 1. The highest BCUT2D eigenvalue weighted by atomic mass is 35.5. The zero-order valence-electron chi connectivity index (χ0n) is 22.2. The molecule has 0 aliphatic carbocycles. The number of halogens is 8. The van der Waals surface area contributed by atoms with E-state index in [9.17, 15) is 40.3 Å². The molecule has 3 heterocycles. The number of hydrogen-bond donors (Lipinski definition) is 3. The molecule has 0 saturated carbocycles. The normalized spacial score (nSPS) is 16.3. The van der Waals surface area contributed by atoms with Crippen molar-refractivity contribution in [3.63, 3.8) is 0 Å². The molecule has 3 aromatic carbocycles. The van der Waals surface area contributed by atoms with Crippen molar-refractivity contribution in [3.8, 4) is 11.1 Å². The molecule has 0 fully saturated rings. The number of fused-ring (bicyclic) bond motifs is 2. The van der Waals surface area contributed by atoms with Crippen molar-refractivity contribution in [1.29, 1.82) is 0 Å². The second-order valence-corrected chi connectivity index (χ2v) is 11.1. The van der Waals surface area contributed by atoms with Crippen LogP contribution in [0.5, 0.6) is 0 Å². The van der Waals surface area contributed by atoms with Gasteiger partial charge in [-0.3, -0.25) is 9.59 Å².